The van der Waals surface area contributed by atoms with E-state index in [9.17, 15) is 0 Å². The Balaban J connectivity index is 2.36. The summed E-state index contributed by atoms with van der Waals surface area (Å²) in [4.78, 5) is 0. The molecule has 1 aromatic heterocycles. The van der Waals surface area contributed by atoms with E-state index in [1.165, 1.54) is 0 Å². The highest BCUT2D eigenvalue weighted by molar-refractivity contribution is 4.93. The average molecular weight is 226 g/mol. The molecule has 0 amide bonds. The number of ether oxygens (including phenoxy) is 1. The van der Waals surface area contributed by atoms with Crippen LogP contribution in [0.15, 0.2) is 6.20 Å². The highest BCUT2D eigenvalue weighted by atomic mass is 16.5. The van der Waals surface area contributed by atoms with Gasteiger partial charge in [-0.05, 0) is 27.2 Å². The Morgan fingerprint density at radius 3 is 2.75 bits per heavy atom. The lowest BCUT2D eigenvalue weighted by Gasteiger charge is -2.27. The standard InChI is InChI=1S/C11H22N4O/c1-9(6-11(2,3)16-5)12-7-10-8-13-14-15(10)4/h8-9,12H,6-7H2,1-5H3. The Kier molecular flexibility index (Phi) is 4.44. The van der Waals surface area contributed by atoms with Crippen LogP contribution in [0.4, 0.5) is 0 Å². The lowest BCUT2D eigenvalue weighted by Crippen LogP contribution is -2.35. The van der Waals surface area contributed by atoms with Crippen LogP contribution in [0.3, 0.4) is 0 Å². The summed E-state index contributed by atoms with van der Waals surface area (Å²) in [5.74, 6) is 0. The van der Waals surface area contributed by atoms with Gasteiger partial charge in [-0.25, -0.2) is 0 Å². The lowest BCUT2D eigenvalue weighted by molar-refractivity contribution is 0.00840. The average Bonchev–Trinajstić information content (AvgIpc) is 2.60. The van der Waals surface area contributed by atoms with Crippen molar-refractivity contribution < 1.29 is 4.74 Å². The molecule has 0 aliphatic rings. The molecule has 1 heterocycles. The molecule has 0 saturated heterocycles. The fraction of sp³-hybridized carbons (Fsp3) is 0.818. The maximum atomic E-state index is 5.40. The molecule has 1 rings (SSSR count). The minimum Gasteiger partial charge on any atom is -0.379 e. The van der Waals surface area contributed by atoms with Crippen molar-refractivity contribution in [1.29, 1.82) is 0 Å². The molecular formula is C11H22N4O. The van der Waals surface area contributed by atoms with Crippen LogP contribution in [-0.4, -0.2) is 33.7 Å². The second-order valence-corrected chi connectivity index (χ2v) is 4.80. The van der Waals surface area contributed by atoms with Crippen LogP contribution in [0, 0.1) is 0 Å². The summed E-state index contributed by atoms with van der Waals surface area (Å²) < 4.78 is 7.18. The summed E-state index contributed by atoms with van der Waals surface area (Å²) in [6.07, 6.45) is 2.75. The molecular weight excluding hydrogens is 204 g/mol. The van der Waals surface area contributed by atoms with Crippen molar-refractivity contribution >= 4 is 0 Å². The molecule has 0 aliphatic carbocycles. The van der Waals surface area contributed by atoms with Gasteiger partial charge in [-0.15, -0.1) is 5.10 Å². The van der Waals surface area contributed by atoms with Crippen LogP contribution in [0.1, 0.15) is 32.9 Å². The first-order chi connectivity index (χ1) is 7.44. The van der Waals surface area contributed by atoms with E-state index in [4.69, 9.17) is 4.74 Å². The third-order valence-corrected chi connectivity index (χ3v) is 2.79. The summed E-state index contributed by atoms with van der Waals surface area (Å²) in [5.41, 5.74) is 0.999. The van der Waals surface area contributed by atoms with Crippen molar-refractivity contribution in [3.8, 4) is 0 Å². The van der Waals surface area contributed by atoms with Crippen molar-refractivity contribution in [3.05, 3.63) is 11.9 Å². The highest BCUT2D eigenvalue weighted by Crippen LogP contribution is 2.15. The zero-order chi connectivity index (χ0) is 12.2. The molecule has 0 radical (unpaired) electrons. The maximum absolute atomic E-state index is 5.40. The van der Waals surface area contributed by atoms with Crippen LogP contribution in [0.25, 0.3) is 0 Å². The van der Waals surface area contributed by atoms with Gasteiger partial charge in [0.05, 0.1) is 17.5 Å². The van der Waals surface area contributed by atoms with E-state index in [1.54, 1.807) is 18.0 Å². The summed E-state index contributed by atoms with van der Waals surface area (Å²) in [6.45, 7) is 7.13. The lowest BCUT2D eigenvalue weighted by atomic mass is 10.00. The minimum absolute atomic E-state index is 0.0862. The number of methoxy groups -OCH3 is 1. The number of aryl methyl sites for hydroxylation is 1. The molecule has 1 N–H and O–H groups in total. The number of hydrogen-bond acceptors (Lipinski definition) is 4. The molecule has 1 aromatic rings. The van der Waals surface area contributed by atoms with E-state index in [1.807, 2.05) is 7.05 Å². The fourth-order valence-corrected chi connectivity index (χ4v) is 1.64. The van der Waals surface area contributed by atoms with Gasteiger partial charge in [0, 0.05) is 26.7 Å². The minimum atomic E-state index is -0.0862. The molecule has 1 unspecified atom stereocenters. The zero-order valence-corrected chi connectivity index (χ0v) is 10.8. The SMILES string of the molecule is COC(C)(C)CC(C)NCc1cnnn1C. The summed E-state index contributed by atoms with van der Waals surface area (Å²) >= 11 is 0. The third-order valence-electron chi connectivity index (χ3n) is 2.79. The molecule has 16 heavy (non-hydrogen) atoms. The fourth-order valence-electron chi connectivity index (χ4n) is 1.64. The van der Waals surface area contributed by atoms with Crippen molar-refractivity contribution in [3.63, 3.8) is 0 Å². The summed E-state index contributed by atoms with van der Waals surface area (Å²) in [6, 6.07) is 0.393. The Bertz CT molecular complexity index is 322. The van der Waals surface area contributed by atoms with Crippen molar-refractivity contribution in [2.75, 3.05) is 7.11 Å². The molecule has 0 bridgehead atoms. The van der Waals surface area contributed by atoms with E-state index in [0.717, 1.165) is 18.7 Å². The third kappa shape index (κ3) is 3.90. The molecule has 1 atom stereocenters. The van der Waals surface area contributed by atoms with Gasteiger partial charge in [0.1, 0.15) is 0 Å². The first-order valence-corrected chi connectivity index (χ1v) is 5.57. The van der Waals surface area contributed by atoms with E-state index in [2.05, 4.69) is 36.4 Å². The molecule has 0 spiro atoms. The van der Waals surface area contributed by atoms with Crippen molar-refractivity contribution in [1.82, 2.24) is 20.3 Å². The van der Waals surface area contributed by atoms with Crippen molar-refractivity contribution in [2.45, 2.75) is 45.4 Å². The molecule has 0 saturated carbocycles. The Hall–Kier alpha value is -0.940. The Morgan fingerprint density at radius 2 is 2.25 bits per heavy atom. The van der Waals surface area contributed by atoms with Crippen LogP contribution in [0.5, 0.6) is 0 Å². The normalized spacial score (nSPS) is 14.1. The van der Waals surface area contributed by atoms with Crippen LogP contribution in [-0.2, 0) is 18.3 Å². The van der Waals surface area contributed by atoms with E-state index in [-0.39, 0.29) is 5.60 Å². The monoisotopic (exact) mass is 226 g/mol. The first-order valence-electron chi connectivity index (χ1n) is 5.57. The molecule has 0 aromatic carbocycles. The molecule has 0 aliphatic heterocycles. The van der Waals surface area contributed by atoms with Gasteiger partial charge >= 0.3 is 0 Å². The number of hydrogen-bond donors (Lipinski definition) is 1. The van der Waals surface area contributed by atoms with Gasteiger partial charge in [0.25, 0.3) is 0 Å². The second-order valence-electron chi connectivity index (χ2n) is 4.80. The summed E-state index contributed by atoms with van der Waals surface area (Å²) in [5, 5.41) is 11.2. The van der Waals surface area contributed by atoms with Gasteiger partial charge in [-0.3, -0.25) is 4.68 Å². The van der Waals surface area contributed by atoms with Crippen LogP contribution < -0.4 is 5.32 Å². The van der Waals surface area contributed by atoms with Crippen molar-refractivity contribution in [2.24, 2.45) is 7.05 Å². The number of aromatic nitrogens is 3. The molecule has 5 nitrogen and oxygen atoms in total. The number of rotatable bonds is 6. The first kappa shape index (κ1) is 13.1. The molecule has 0 fully saturated rings. The number of nitrogens with one attached hydrogen (secondary N) is 1. The Labute approximate surface area is 97.2 Å². The van der Waals surface area contributed by atoms with Gasteiger partial charge < -0.3 is 10.1 Å². The maximum Gasteiger partial charge on any atom is 0.0738 e. The zero-order valence-electron chi connectivity index (χ0n) is 10.8. The van der Waals surface area contributed by atoms with Gasteiger partial charge in [-0.1, -0.05) is 5.21 Å². The van der Waals surface area contributed by atoms with Crippen LogP contribution >= 0.6 is 0 Å². The molecule has 5 heteroatoms. The topological polar surface area (TPSA) is 52.0 Å². The molecule has 92 valence electrons. The van der Waals surface area contributed by atoms with Gasteiger partial charge in [0.15, 0.2) is 0 Å². The quantitative estimate of drug-likeness (QED) is 0.789. The number of nitrogens with zero attached hydrogens (tertiary/aromatic N) is 3. The second kappa shape index (κ2) is 5.41. The summed E-state index contributed by atoms with van der Waals surface area (Å²) in [7, 11) is 3.64. The van der Waals surface area contributed by atoms with Crippen LogP contribution in [0.2, 0.25) is 0 Å². The van der Waals surface area contributed by atoms with E-state index < -0.39 is 0 Å². The predicted molar refractivity (Wildman–Crippen MR) is 63.0 cm³/mol. The van der Waals surface area contributed by atoms with E-state index >= 15 is 0 Å². The van der Waals surface area contributed by atoms with E-state index in [0.29, 0.717) is 6.04 Å². The Morgan fingerprint density at radius 1 is 1.56 bits per heavy atom. The largest absolute Gasteiger partial charge is 0.379 e. The smallest absolute Gasteiger partial charge is 0.0738 e. The van der Waals surface area contributed by atoms with Gasteiger partial charge in [-0.2, -0.15) is 0 Å². The highest BCUT2D eigenvalue weighted by Gasteiger charge is 2.19. The predicted octanol–water partition coefficient (Wildman–Crippen LogP) is 1.11. The van der Waals surface area contributed by atoms with Gasteiger partial charge in [0.2, 0.25) is 0 Å².